The van der Waals surface area contributed by atoms with Crippen molar-refractivity contribution in [3.63, 3.8) is 0 Å². The van der Waals surface area contributed by atoms with Gasteiger partial charge in [-0.3, -0.25) is 9.59 Å². The highest BCUT2D eigenvalue weighted by Crippen LogP contribution is 2.34. The number of alkyl halides is 3. The average molecular weight is 381 g/mol. The van der Waals surface area contributed by atoms with Crippen LogP contribution in [0.1, 0.15) is 36.2 Å². The van der Waals surface area contributed by atoms with Crippen LogP contribution in [-0.2, 0) is 15.8 Å². The highest BCUT2D eigenvalue weighted by atomic mass is 32.1. The molecule has 9 heteroatoms. The number of rotatable bonds is 3. The van der Waals surface area contributed by atoms with Crippen LogP contribution in [0.25, 0.3) is 6.08 Å². The Morgan fingerprint density at radius 2 is 2.04 bits per heavy atom. The number of aromatic nitrogens is 1. The maximum Gasteiger partial charge on any atom is 0.434 e. The summed E-state index contributed by atoms with van der Waals surface area (Å²) in [6, 6.07) is 6.80. The number of nitrogens with one attached hydrogen (secondary N) is 1. The van der Waals surface area contributed by atoms with E-state index < -0.39 is 23.8 Å². The molecule has 1 aromatic carbocycles. The molecule has 3 rings (SSSR count). The zero-order chi connectivity index (χ0) is 18.9. The van der Waals surface area contributed by atoms with Gasteiger partial charge in [-0.05, 0) is 17.2 Å². The molecule has 1 atom stereocenters. The van der Waals surface area contributed by atoms with Gasteiger partial charge in [-0.15, -0.1) is 11.3 Å². The summed E-state index contributed by atoms with van der Waals surface area (Å²) in [5.41, 5.74) is 0.640. The van der Waals surface area contributed by atoms with Crippen LogP contribution in [0.5, 0.6) is 0 Å². The minimum Gasteiger partial charge on any atom is -0.311 e. The van der Waals surface area contributed by atoms with E-state index in [-0.39, 0.29) is 17.5 Å². The number of anilines is 1. The van der Waals surface area contributed by atoms with Gasteiger partial charge in [-0.25, -0.2) is 4.98 Å². The first-order chi connectivity index (χ1) is 12.3. The molecule has 2 aromatic rings. The molecule has 0 spiro atoms. The number of hydrogen-bond acceptors (Lipinski definition) is 4. The van der Waals surface area contributed by atoms with Crippen LogP contribution in [0.15, 0.2) is 35.8 Å². The first-order valence-corrected chi connectivity index (χ1v) is 8.52. The van der Waals surface area contributed by atoms with Crippen LogP contribution in [0.2, 0.25) is 0 Å². The van der Waals surface area contributed by atoms with Crippen molar-refractivity contribution in [2.45, 2.75) is 25.6 Å². The molecule has 0 saturated heterocycles. The van der Waals surface area contributed by atoms with E-state index in [4.69, 9.17) is 0 Å². The van der Waals surface area contributed by atoms with Crippen LogP contribution >= 0.6 is 11.3 Å². The van der Waals surface area contributed by atoms with Crippen LogP contribution in [0, 0.1) is 0 Å². The van der Waals surface area contributed by atoms with Crippen LogP contribution in [0.4, 0.5) is 18.3 Å². The second-order valence-electron chi connectivity index (χ2n) is 5.67. The Balaban J connectivity index is 1.77. The second kappa shape index (κ2) is 6.91. The molecular formula is C17H14F3N3O2S. The third-order valence-electron chi connectivity index (χ3n) is 3.89. The van der Waals surface area contributed by atoms with E-state index in [1.54, 1.807) is 18.3 Å². The van der Waals surface area contributed by atoms with Gasteiger partial charge in [-0.2, -0.15) is 13.2 Å². The summed E-state index contributed by atoms with van der Waals surface area (Å²) in [6.07, 6.45) is -1.27. The molecule has 1 unspecified atom stereocenters. The molecule has 1 aliphatic rings. The fourth-order valence-electron chi connectivity index (χ4n) is 2.72. The largest absolute Gasteiger partial charge is 0.434 e. The fourth-order valence-corrected chi connectivity index (χ4v) is 3.45. The predicted octanol–water partition coefficient (Wildman–Crippen LogP) is 4.06. The van der Waals surface area contributed by atoms with Crippen molar-refractivity contribution in [1.29, 1.82) is 0 Å². The molecule has 0 fully saturated rings. The van der Waals surface area contributed by atoms with Crippen LogP contribution < -0.4 is 5.32 Å². The Morgan fingerprint density at radius 1 is 1.31 bits per heavy atom. The van der Waals surface area contributed by atoms with E-state index in [1.807, 2.05) is 18.2 Å². The molecule has 0 radical (unpaired) electrons. The van der Waals surface area contributed by atoms with Gasteiger partial charge in [0.15, 0.2) is 10.8 Å². The summed E-state index contributed by atoms with van der Waals surface area (Å²) in [5.74, 6) is -0.753. The predicted molar refractivity (Wildman–Crippen MR) is 91.1 cm³/mol. The lowest BCUT2D eigenvalue weighted by Gasteiger charge is -2.32. The van der Waals surface area contributed by atoms with Gasteiger partial charge in [0.1, 0.15) is 0 Å². The van der Waals surface area contributed by atoms with Gasteiger partial charge in [0.25, 0.3) is 0 Å². The fraction of sp³-hybridized carbons (Fsp3) is 0.235. The van der Waals surface area contributed by atoms with Gasteiger partial charge in [-0.1, -0.05) is 24.3 Å². The monoisotopic (exact) mass is 381 g/mol. The second-order valence-corrected chi connectivity index (χ2v) is 6.53. The van der Waals surface area contributed by atoms with E-state index in [1.165, 1.54) is 11.8 Å². The van der Waals surface area contributed by atoms with Crippen molar-refractivity contribution < 1.29 is 22.8 Å². The number of nitrogens with zero attached hydrogens (tertiary/aromatic N) is 2. The van der Waals surface area contributed by atoms with Crippen molar-refractivity contribution in [3.8, 4) is 0 Å². The maximum atomic E-state index is 12.6. The number of thiazole rings is 1. The number of amides is 2. The molecule has 2 amide bonds. The molecule has 1 aliphatic heterocycles. The lowest BCUT2D eigenvalue weighted by atomic mass is 9.93. The highest BCUT2D eigenvalue weighted by Gasteiger charge is 2.34. The van der Waals surface area contributed by atoms with E-state index >= 15 is 0 Å². The molecule has 2 heterocycles. The summed E-state index contributed by atoms with van der Waals surface area (Å²) in [6.45, 7) is 1.39. The zero-order valence-corrected chi connectivity index (χ0v) is 14.4. The minimum atomic E-state index is -4.56. The zero-order valence-electron chi connectivity index (χ0n) is 13.6. The minimum absolute atomic E-state index is 0.0954. The van der Waals surface area contributed by atoms with E-state index in [2.05, 4.69) is 10.3 Å². The molecule has 1 N–H and O–H groups in total. The number of carbonyl (C=O) groups excluding carboxylic acids is 2. The molecule has 0 saturated carbocycles. The van der Waals surface area contributed by atoms with Gasteiger partial charge in [0.05, 0.1) is 12.5 Å². The number of hydrogen-bond donors (Lipinski definition) is 1. The van der Waals surface area contributed by atoms with E-state index in [9.17, 15) is 22.8 Å². The van der Waals surface area contributed by atoms with Crippen molar-refractivity contribution >= 4 is 34.4 Å². The molecule has 0 bridgehead atoms. The first kappa shape index (κ1) is 18.1. The Morgan fingerprint density at radius 3 is 2.69 bits per heavy atom. The van der Waals surface area contributed by atoms with Crippen LogP contribution in [0.3, 0.4) is 0 Å². The first-order valence-electron chi connectivity index (χ1n) is 7.64. The number of halogens is 3. The number of carbonyl (C=O) groups is 2. The molecule has 0 aliphatic carbocycles. The highest BCUT2D eigenvalue weighted by molar-refractivity contribution is 7.13. The van der Waals surface area contributed by atoms with E-state index in [0.717, 1.165) is 16.5 Å². The van der Waals surface area contributed by atoms with Crippen molar-refractivity contribution in [2.24, 2.45) is 0 Å². The smallest absolute Gasteiger partial charge is 0.311 e. The van der Waals surface area contributed by atoms with Gasteiger partial charge in [0.2, 0.25) is 11.8 Å². The topological polar surface area (TPSA) is 62.3 Å². The molecule has 136 valence electrons. The van der Waals surface area contributed by atoms with Gasteiger partial charge >= 0.3 is 6.18 Å². The summed E-state index contributed by atoms with van der Waals surface area (Å²) in [7, 11) is 0. The molecule has 1 aromatic heterocycles. The lowest BCUT2D eigenvalue weighted by molar-refractivity contribution is -0.140. The average Bonchev–Trinajstić information content (AvgIpc) is 3.03. The lowest BCUT2D eigenvalue weighted by Crippen LogP contribution is -2.33. The normalized spacial score (nSPS) is 16.3. The van der Waals surface area contributed by atoms with E-state index in [0.29, 0.717) is 11.3 Å². The third-order valence-corrected chi connectivity index (χ3v) is 4.65. The van der Waals surface area contributed by atoms with Gasteiger partial charge < -0.3 is 10.2 Å². The molecule has 5 nitrogen and oxygen atoms in total. The summed E-state index contributed by atoms with van der Waals surface area (Å²) >= 11 is 0.702. The Hall–Kier alpha value is -2.68. The van der Waals surface area contributed by atoms with Crippen molar-refractivity contribution in [3.05, 3.63) is 52.7 Å². The maximum absolute atomic E-state index is 12.6. The summed E-state index contributed by atoms with van der Waals surface area (Å²) in [4.78, 5) is 29.0. The molecule has 26 heavy (non-hydrogen) atoms. The summed E-state index contributed by atoms with van der Waals surface area (Å²) in [5, 5.41) is 3.09. The molecular weight excluding hydrogens is 367 g/mol. The Labute approximate surface area is 151 Å². The number of fused-ring (bicyclic) bond motifs is 1. The van der Waals surface area contributed by atoms with Crippen molar-refractivity contribution in [1.82, 2.24) is 9.88 Å². The number of benzene rings is 1. The SMILES string of the molecule is CC(=O)N1C=Cc2ccccc2C1CC(=O)Nc1nc(C(F)(F)F)cs1. The Kier molecular flexibility index (Phi) is 4.82. The van der Waals surface area contributed by atoms with Crippen molar-refractivity contribution in [2.75, 3.05) is 5.32 Å². The quantitative estimate of drug-likeness (QED) is 0.872. The third kappa shape index (κ3) is 3.77. The Bertz CT molecular complexity index is 876. The van der Waals surface area contributed by atoms with Crippen LogP contribution in [-0.4, -0.2) is 21.7 Å². The van der Waals surface area contributed by atoms with Gasteiger partial charge in [0, 0.05) is 18.5 Å². The summed E-state index contributed by atoms with van der Waals surface area (Å²) < 4.78 is 37.8. The standard InChI is InChI=1S/C17H14F3N3O2S/c1-10(24)23-7-6-11-4-2-3-5-12(11)13(23)8-15(25)22-16-21-14(9-26-16)17(18,19)20/h2-7,9,13H,8H2,1H3,(H,21,22,25).